The van der Waals surface area contributed by atoms with Crippen LogP contribution >= 0.6 is 11.6 Å². The number of nitrogens with zero attached hydrogens (tertiary/aromatic N) is 2. The van der Waals surface area contributed by atoms with Gasteiger partial charge in [-0.1, -0.05) is 62.6 Å². The number of hydrogen-bond acceptors (Lipinski definition) is 16. The number of anilines is 3. The van der Waals surface area contributed by atoms with Crippen LogP contribution in [0.3, 0.4) is 0 Å². The number of methoxy groups -OCH3 is 2. The summed E-state index contributed by atoms with van der Waals surface area (Å²) in [5, 5.41) is 39.3. The van der Waals surface area contributed by atoms with Crippen LogP contribution in [0.1, 0.15) is 97.1 Å². The molecule has 0 aromatic heterocycles. The highest BCUT2D eigenvalue weighted by Gasteiger charge is 2.64. The zero-order valence-electron chi connectivity index (χ0n) is 47.8. The Balaban J connectivity index is 1.16. The van der Waals surface area contributed by atoms with Crippen LogP contribution in [0.15, 0.2) is 66.3 Å². The van der Waals surface area contributed by atoms with E-state index in [1.54, 1.807) is 72.0 Å². The molecule has 25 heteroatoms. The highest BCUT2D eigenvalue weighted by Crippen LogP contribution is 2.49. The van der Waals surface area contributed by atoms with Crippen molar-refractivity contribution in [2.75, 3.05) is 49.9 Å². The third kappa shape index (κ3) is 16.6. The lowest BCUT2D eigenvalue weighted by Crippen LogP contribution is -2.65. The Hall–Kier alpha value is -6.93. The van der Waals surface area contributed by atoms with Gasteiger partial charge in [0.2, 0.25) is 30.0 Å². The lowest BCUT2D eigenvalue weighted by Gasteiger charge is -2.44. The second-order valence-corrected chi connectivity index (χ2v) is 22.1. The number of primary amides is 1. The molecule has 2 saturated heterocycles. The molecule has 0 aliphatic carbocycles. The van der Waals surface area contributed by atoms with Crippen molar-refractivity contribution in [1.29, 1.82) is 0 Å². The van der Waals surface area contributed by atoms with Crippen LogP contribution in [0.2, 0.25) is 5.02 Å². The van der Waals surface area contributed by atoms with Crippen molar-refractivity contribution in [2.24, 2.45) is 17.6 Å². The molecule has 0 radical (unpaired) electrons. The first kappa shape index (κ1) is 64.2. The molecular weight excluding hydrogens is 1090 g/mol. The molecule has 1 unspecified atom stereocenters. The quantitative estimate of drug-likeness (QED) is 0.0506. The molecule has 0 spiro atoms. The molecule has 4 heterocycles. The van der Waals surface area contributed by atoms with E-state index in [0.29, 0.717) is 48.4 Å². The summed E-state index contributed by atoms with van der Waals surface area (Å²) in [5.74, 6) is -3.49. The molecular formula is C57H78ClN9O15. The van der Waals surface area contributed by atoms with Crippen LogP contribution in [0.25, 0.3) is 0 Å². The molecule has 4 aliphatic rings. The number of nitrogens with one attached hydrogen (secondary N) is 6. The Morgan fingerprint density at radius 2 is 1.70 bits per heavy atom. The van der Waals surface area contributed by atoms with Crippen molar-refractivity contribution >= 4 is 76.2 Å². The van der Waals surface area contributed by atoms with Gasteiger partial charge in [-0.05, 0) is 100 Å². The molecule has 82 heavy (non-hydrogen) atoms. The minimum Gasteiger partial charge on any atom is -0.495 e. The van der Waals surface area contributed by atoms with Gasteiger partial charge >= 0.3 is 12.1 Å². The van der Waals surface area contributed by atoms with E-state index in [-0.39, 0.29) is 67.2 Å². The van der Waals surface area contributed by atoms with Crippen molar-refractivity contribution in [2.45, 2.75) is 154 Å². The molecule has 9 amide bonds. The van der Waals surface area contributed by atoms with Gasteiger partial charge in [-0.15, -0.1) is 0 Å². The molecule has 4 bridgehead atoms. The van der Waals surface area contributed by atoms with E-state index in [9.17, 15) is 48.6 Å². The van der Waals surface area contributed by atoms with E-state index in [1.165, 1.54) is 43.4 Å². The van der Waals surface area contributed by atoms with Crippen molar-refractivity contribution < 1.29 is 72.3 Å². The molecule has 2 fully saturated rings. The summed E-state index contributed by atoms with van der Waals surface area (Å²) >= 11 is 6.84. The summed E-state index contributed by atoms with van der Waals surface area (Å²) in [6, 6.07) is 5.22. The summed E-state index contributed by atoms with van der Waals surface area (Å²) in [6.07, 6.45) is 3.25. The van der Waals surface area contributed by atoms with Crippen LogP contribution in [0, 0.1) is 18.8 Å². The molecule has 2 aromatic rings. The number of rotatable bonds is 20. The van der Waals surface area contributed by atoms with Crippen molar-refractivity contribution in [3.05, 3.63) is 82.4 Å². The fraction of sp³-hybridized carbons (Fsp3) is 0.544. The first-order valence-electron chi connectivity index (χ1n) is 27.3. The summed E-state index contributed by atoms with van der Waals surface area (Å²) < 4.78 is 29.7. The minimum absolute atomic E-state index is 0.0548. The predicted molar refractivity (Wildman–Crippen MR) is 303 cm³/mol. The van der Waals surface area contributed by atoms with Crippen molar-refractivity contribution in [1.82, 2.24) is 26.2 Å². The van der Waals surface area contributed by atoms with E-state index in [0.717, 1.165) is 16.0 Å². The molecule has 448 valence electrons. The predicted octanol–water partition coefficient (Wildman–Crippen LogP) is 4.34. The summed E-state index contributed by atoms with van der Waals surface area (Å²) in [5.41, 5.74) is 5.22. The zero-order valence-corrected chi connectivity index (χ0v) is 48.6. The van der Waals surface area contributed by atoms with Gasteiger partial charge in [0, 0.05) is 69.5 Å². The molecule has 10 atom stereocenters. The molecule has 24 nitrogen and oxygen atoms in total. The van der Waals surface area contributed by atoms with Gasteiger partial charge in [-0.3, -0.25) is 39.0 Å². The van der Waals surface area contributed by atoms with Gasteiger partial charge in [0.15, 0.2) is 5.72 Å². The number of carbonyl (C=O) groups is 8. The lowest BCUT2D eigenvalue weighted by molar-refractivity contribution is -0.271. The number of urea groups is 1. The second-order valence-electron chi connectivity index (χ2n) is 21.7. The summed E-state index contributed by atoms with van der Waals surface area (Å²) in [4.78, 5) is 107. The maximum absolute atomic E-state index is 14.4. The number of fused-ring (bicyclic) bond motifs is 5. The van der Waals surface area contributed by atoms with E-state index in [4.69, 9.17) is 41.0 Å². The number of nitrogens with two attached hydrogens (primary N) is 1. The first-order chi connectivity index (χ1) is 38.8. The number of unbranched alkanes of at least 4 members (excludes halogenated alkanes) is 2. The Kier molecular flexibility index (Phi) is 22.2. The molecule has 0 saturated carbocycles. The SMILES string of the molecule is COc1cc2cc(c1Cl)N(C)C(=O)C[C@H](OC(=O)Nc1ccc(NC(=O)[C@H](CCCNC(N)=O)NC(=O)[C@@H](NC(=O)CCCCCN3C(=O)C=CC3=O)C(C)C)c(C)c1)[C@]1(C)O[C@H]1[C@H](C)[C@@H]1C[C@@](O)(NC(O)O1)[C@H](OC)/C=C/C=C(\C)C2. The van der Waals surface area contributed by atoms with Crippen LogP contribution in [-0.2, 0) is 54.1 Å². The number of hydrogen-bond donors (Lipinski definition) is 9. The monoisotopic (exact) mass is 1160 g/mol. The van der Waals surface area contributed by atoms with Gasteiger partial charge in [-0.25, -0.2) is 14.9 Å². The van der Waals surface area contributed by atoms with Crippen LogP contribution < -0.4 is 47.3 Å². The number of carbonyl (C=O) groups excluding carboxylic acids is 8. The van der Waals surface area contributed by atoms with Crippen molar-refractivity contribution in [3.8, 4) is 5.75 Å². The van der Waals surface area contributed by atoms with Gasteiger partial charge in [0.1, 0.15) is 40.7 Å². The summed E-state index contributed by atoms with van der Waals surface area (Å²) in [7, 11) is 4.45. The van der Waals surface area contributed by atoms with Gasteiger partial charge in [0.25, 0.3) is 11.8 Å². The average Bonchev–Trinajstić information content (AvgIpc) is 2.70. The number of amides is 9. The standard InChI is InChI=1S/C57H78ClN9O15/c1-31(2)49(64-44(68)18-11-10-12-24-67-45(69)21-22-46(67)70)52(73)63-38(16-14-23-60-53(59)74)51(72)62-37-20-19-36(26-33(37)4)61-54(75)81-43-29-47(71)66(7)39-27-35(28-40(78-8)48(39)58)25-32(3)15-13-17-42(79-9)57(77)30-41(80-55(76)65-57)34(5)50-56(43,6)82-50/h13,15,17,19-22,26-28,31,34,38,41-43,49-50,55,65,76-77H,10-12,14,16,18,23-25,29-30H2,1-9H3,(H,61,75)(H,62,72)(H,63,73)(H,64,68)(H3,59,60,74)/b17-13+,32-15+/t34-,38+,41+,42-,43+,49+,50+,55?,56+,57+/m1/s1. The molecule has 2 aromatic carbocycles. The molecule has 10 N–H and O–H groups in total. The number of allylic oxidation sites excluding steroid dienone is 3. The Morgan fingerprint density at radius 3 is 2.35 bits per heavy atom. The largest absolute Gasteiger partial charge is 0.495 e. The number of aliphatic hydroxyl groups excluding tert-OH is 1. The Labute approximate surface area is 482 Å². The molecule has 4 aliphatic heterocycles. The number of aryl methyl sites for hydroxylation is 1. The molecule has 6 rings (SSSR count). The van der Waals surface area contributed by atoms with Crippen LogP contribution in [0.4, 0.5) is 26.7 Å². The maximum Gasteiger partial charge on any atom is 0.412 e. The number of aliphatic hydroxyl groups is 2. The first-order valence-corrected chi connectivity index (χ1v) is 27.7. The van der Waals surface area contributed by atoms with E-state index in [1.807, 2.05) is 13.0 Å². The average molecular weight is 1160 g/mol. The highest BCUT2D eigenvalue weighted by atomic mass is 35.5. The number of epoxide rings is 1. The Morgan fingerprint density at radius 1 is 0.976 bits per heavy atom. The number of imide groups is 1. The third-order valence-corrected chi connectivity index (χ3v) is 15.5. The van der Waals surface area contributed by atoms with Crippen LogP contribution in [0.5, 0.6) is 5.75 Å². The summed E-state index contributed by atoms with van der Waals surface area (Å²) in [6.45, 7) is 10.9. The smallest absolute Gasteiger partial charge is 0.412 e. The number of benzene rings is 2. The van der Waals surface area contributed by atoms with Gasteiger partial charge < -0.3 is 65.8 Å². The lowest BCUT2D eigenvalue weighted by atomic mass is 9.83. The third-order valence-electron chi connectivity index (χ3n) is 15.1. The van der Waals surface area contributed by atoms with Gasteiger partial charge in [0.05, 0.1) is 31.4 Å². The maximum atomic E-state index is 14.4. The fourth-order valence-corrected chi connectivity index (χ4v) is 10.6. The van der Waals surface area contributed by atoms with E-state index < -0.39 is 102 Å². The second kappa shape index (κ2) is 28.4. The normalized spacial score (nSPS) is 26.4. The highest BCUT2D eigenvalue weighted by molar-refractivity contribution is 6.35. The van der Waals surface area contributed by atoms with Crippen molar-refractivity contribution in [3.63, 3.8) is 0 Å². The van der Waals surface area contributed by atoms with Crippen LogP contribution in [-0.4, -0.2) is 151 Å². The zero-order chi connectivity index (χ0) is 60.2. The Bertz CT molecular complexity index is 2790. The minimum atomic E-state index is -1.80. The number of ether oxygens (including phenoxy) is 5. The van der Waals surface area contributed by atoms with E-state index in [2.05, 4.69) is 31.9 Å². The van der Waals surface area contributed by atoms with E-state index >= 15 is 0 Å². The van der Waals surface area contributed by atoms with Gasteiger partial charge in [-0.2, -0.15) is 0 Å². The number of halogens is 1. The topological polar surface area (TPSA) is 331 Å². The fourth-order valence-electron chi connectivity index (χ4n) is 10.3.